The SMILES string of the molecule is CCc1cccc(NC(=O)CCC(=O)N(C)Cc2cc(-c3ccccc3)no2)c1. The number of carbonyl (C=O) groups excluding carboxylic acids is 2. The zero-order valence-electron chi connectivity index (χ0n) is 16.7. The second-order valence-electron chi connectivity index (χ2n) is 6.90. The molecule has 1 heterocycles. The van der Waals surface area contributed by atoms with Gasteiger partial charge in [-0.25, -0.2) is 0 Å². The molecule has 2 amide bonds. The Morgan fingerprint density at radius 1 is 1.03 bits per heavy atom. The van der Waals surface area contributed by atoms with Crippen molar-refractivity contribution in [2.24, 2.45) is 0 Å². The quantitative estimate of drug-likeness (QED) is 0.622. The maximum atomic E-state index is 12.4. The van der Waals surface area contributed by atoms with E-state index in [-0.39, 0.29) is 24.7 Å². The summed E-state index contributed by atoms with van der Waals surface area (Å²) in [5.74, 6) is 0.298. The summed E-state index contributed by atoms with van der Waals surface area (Å²) >= 11 is 0. The van der Waals surface area contributed by atoms with Gasteiger partial charge in [0.25, 0.3) is 0 Å². The monoisotopic (exact) mass is 391 g/mol. The maximum absolute atomic E-state index is 12.4. The number of hydrogen-bond acceptors (Lipinski definition) is 4. The number of aromatic nitrogens is 1. The normalized spacial score (nSPS) is 10.6. The maximum Gasteiger partial charge on any atom is 0.224 e. The highest BCUT2D eigenvalue weighted by molar-refractivity contribution is 5.93. The Morgan fingerprint density at radius 3 is 2.59 bits per heavy atom. The van der Waals surface area contributed by atoms with Crippen LogP contribution in [0.1, 0.15) is 31.1 Å². The van der Waals surface area contributed by atoms with Crippen molar-refractivity contribution in [3.05, 3.63) is 72.0 Å². The molecule has 0 unspecified atom stereocenters. The first-order chi connectivity index (χ1) is 14.0. The predicted molar refractivity (Wildman–Crippen MR) is 112 cm³/mol. The molecule has 3 aromatic rings. The molecule has 0 aliphatic heterocycles. The summed E-state index contributed by atoms with van der Waals surface area (Å²) in [6.45, 7) is 2.37. The molecule has 0 saturated heterocycles. The van der Waals surface area contributed by atoms with Crippen LogP contribution in [-0.4, -0.2) is 28.9 Å². The number of anilines is 1. The third kappa shape index (κ3) is 5.78. The average Bonchev–Trinajstić information content (AvgIpc) is 3.21. The summed E-state index contributed by atoms with van der Waals surface area (Å²) in [6, 6.07) is 19.2. The molecule has 3 rings (SSSR count). The van der Waals surface area contributed by atoms with Crippen LogP contribution in [0.2, 0.25) is 0 Å². The lowest BCUT2D eigenvalue weighted by Gasteiger charge is -2.15. The van der Waals surface area contributed by atoms with Gasteiger partial charge in [0, 0.05) is 37.2 Å². The van der Waals surface area contributed by atoms with Crippen molar-refractivity contribution in [3.8, 4) is 11.3 Å². The van der Waals surface area contributed by atoms with E-state index in [9.17, 15) is 9.59 Å². The third-order valence-corrected chi connectivity index (χ3v) is 4.63. The van der Waals surface area contributed by atoms with Crippen molar-refractivity contribution in [1.29, 1.82) is 0 Å². The number of benzene rings is 2. The summed E-state index contributed by atoms with van der Waals surface area (Å²) in [6.07, 6.45) is 1.17. The van der Waals surface area contributed by atoms with Crippen molar-refractivity contribution in [2.45, 2.75) is 32.7 Å². The van der Waals surface area contributed by atoms with Crippen LogP contribution < -0.4 is 5.32 Å². The number of nitrogens with zero attached hydrogens (tertiary/aromatic N) is 2. The molecule has 0 aliphatic rings. The van der Waals surface area contributed by atoms with Crippen LogP contribution in [-0.2, 0) is 22.6 Å². The van der Waals surface area contributed by atoms with E-state index in [1.807, 2.05) is 60.7 Å². The molecule has 150 valence electrons. The average molecular weight is 391 g/mol. The van der Waals surface area contributed by atoms with Gasteiger partial charge < -0.3 is 14.7 Å². The van der Waals surface area contributed by atoms with Gasteiger partial charge in [0.05, 0.1) is 6.54 Å². The summed E-state index contributed by atoms with van der Waals surface area (Å²) in [4.78, 5) is 26.1. The fraction of sp³-hybridized carbons (Fsp3) is 0.261. The van der Waals surface area contributed by atoms with Gasteiger partial charge in [-0.15, -0.1) is 0 Å². The van der Waals surface area contributed by atoms with Gasteiger partial charge in [0.1, 0.15) is 5.69 Å². The molecule has 1 aromatic heterocycles. The smallest absolute Gasteiger partial charge is 0.224 e. The highest BCUT2D eigenvalue weighted by Crippen LogP contribution is 2.19. The molecule has 0 atom stereocenters. The van der Waals surface area contributed by atoms with E-state index in [2.05, 4.69) is 17.4 Å². The van der Waals surface area contributed by atoms with Gasteiger partial charge in [-0.3, -0.25) is 9.59 Å². The standard InChI is InChI=1S/C23H25N3O3/c1-3-17-8-7-11-19(14-17)24-22(27)12-13-23(28)26(2)16-20-15-21(25-29-20)18-9-5-4-6-10-18/h4-11,14-15H,3,12-13,16H2,1-2H3,(H,24,27). The van der Waals surface area contributed by atoms with Crippen molar-refractivity contribution >= 4 is 17.5 Å². The van der Waals surface area contributed by atoms with Gasteiger partial charge in [-0.05, 0) is 24.1 Å². The lowest BCUT2D eigenvalue weighted by atomic mass is 10.1. The van der Waals surface area contributed by atoms with Crippen LogP contribution in [0.5, 0.6) is 0 Å². The van der Waals surface area contributed by atoms with Gasteiger partial charge in [0.15, 0.2) is 5.76 Å². The minimum absolute atomic E-state index is 0.125. The highest BCUT2D eigenvalue weighted by Gasteiger charge is 2.15. The Labute approximate surface area is 170 Å². The molecule has 0 spiro atoms. The Balaban J connectivity index is 1.48. The Bertz CT molecular complexity index is 966. The van der Waals surface area contributed by atoms with Crippen LogP contribution in [0.25, 0.3) is 11.3 Å². The van der Waals surface area contributed by atoms with E-state index >= 15 is 0 Å². The molecule has 0 bridgehead atoms. The molecule has 2 aromatic carbocycles. The van der Waals surface area contributed by atoms with Gasteiger partial charge in [-0.2, -0.15) is 0 Å². The Morgan fingerprint density at radius 2 is 1.83 bits per heavy atom. The lowest BCUT2D eigenvalue weighted by molar-refractivity contribution is -0.132. The van der Waals surface area contributed by atoms with Crippen LogP contribution >= 0.6 is 0 Å². The molecule has 6 heteroatoms. The zero-order valence-corrected chi connectivity index (χ0v) is 16.7. The van der Waals surface area contributed by atoms with Gasteiger partial charge in [0.2, 0.25) is 11.8 Å². The van der Waals surface area contributed by atoms with Crippen LogP contribution in [0.3, 0.4) is 0 Å². The first kappa shape index (κ1) is 20.3. The van der Waals surface area contributed by atoms with Crippen LogP contribution in [0.15, 0.2) is 65.2 Å². The second kappa shape index (κ2) is 9.68. The fourth-order valence-corrected chi connectivity index (χ4v) is 2.96. The van der Waals surface area contributed by atoms with E-state index in [0.717, 1.165) is 28.9 Å². The first-order valence-corrected chi connectivity index (χ1v) is 9.69. The van der Waals surface area contributed by atoms with E-state index < -0.39 is 0 Å². The number of aryl methyl sites for hydroxylation is 1. The molecule has 1 N–H and O–H groups in total. The first-order valence-electron chi connectivity index (χ1n) is 9.69. The molecular formula is C23H25N3O3. The van der Waals surface area contributed by atoms with Crippen molar-refractivity contribution < 1.29 is 14.1 Å². The largest absolute Gasteiger partial charge is 0.359 e. The minimum atomic E-state index is -0.175. The van der Waals surface area contributed by atoms with E-state index in [4.69, 9.17) is 4.52 Å². The molecule has 0 saturated carbocycles. The summed E-state index contributed by atoms with van der Waals surface area (Å²) in [5.41, 5.74) is 3.60. The van der Waals surface area contributed by atoms with Gasteiger partial charge >= 0.3 is 0 Å². The number of nitrogens with one attached hydrogen (secondary N) is 1. The second-order valence-corrected chi connectivity index (χ2v) is 6.90. The number of carbonyl (C=O) groups is 2. The number of hydrogen-bond donors (Lipinski definition) is 1. The highest BCUT2D eigenvalue weighted by atomic mass is 16.5. The predicted octanol–water partition coefficient (Wildman–Crippen LogP) is 4.28. The van der Waals surface area contributed by atoms with Crippen molar-refractivity contribution in [1.82, 2.24) is 10.1 Å². The van der Waals surface area contributed by atoms with E-state index in [1.165, 1.54) is 0 Å². The van der Waals surface area contributed by atoms with E-state index in [0.29, 0.717) is 12.3 Å². The number of amides is 2. The Hall–Kier alpha value is -3.41. The molecule has 29 heavy (non-hydrogen) atoms. The lowest BCUT2D eigenvalue weighted by Crippen LogP contribution is -2.27. The fourth-order valence-electron chi connectivity index (χ4n) is 2.96. The topological polar surface area (TPSA) is 75.4 Å². The molecular weight excluding hydrogens is 366 g/mol. The summed E-state index contributed by atoms with van der Waals surface area (Å²) < 4.78 is 5.34. The van der Waals surface area contributed by atoms with E-state index in [1.54, 1.807) is 11.9 Å². The summed E-state index contributed by atoms with van der Waals surface area (Å²) in [7, 11) is 1.69. The van der Waals surface area contributed by atoms with Gasteiger partial charge in [-0.1, -0.05) is 54.5 Å². The molecule has 0 aliphatic carbocycles. The van der Waals surface area contributed by atoms with Crippen molar-refractivity contribution in [2.75, 3.05) is 12.4 Å². The molecule has 0 fully saturated rings. The van der Waals surface area contributed by atoms with Crippen molar-refractivity contribution in [3.63, 3.8) is 0 Å². The molecule has 6 nitrogen and oxygen atoms in total. The Kier molecular flexibility index (Phi) is 6.79. The molecule has 0 radical (unpaired) electrons. The van der Waals surface area contributed by atoms with Crippen LogP contribution in [0.4, 0.5) is 5.69 Å². The third-order valence-electron chi connectivity index (χ3n) is 4.63. The zero-order chi connectivity index (χ0) is 20.6. The number of rotatable bonds is 8. The summed E-state index contributed by atoms with van der Waals surface area (Å²) in [5, 5.41) is 6.90. The minimum Gasteiger partial charge on any atom is -0.359 e. The van der Waals surface area contributed by atoms with Crippen LogP contribution in [0, 0.1) is 0 Å².